The molecule has 0 saturated carbocycles. The van der Waals surface area contributed by atoms with Crippen molar-refractivity contribution in [3.63, 3.8) is 0 Å². The van der Waals surface area contributed by atoms with Crippen LogP contribution in [0.4, 0.5) is 11.4 Å². The molecule has 0 spiro atoms. The highest BCUT2D eigenvalue weighted by atomic mass is 32.2. The molecule has 0 fully saturated rings. The first-order valence-electron chi connectivity index (χ1n) is 9.24. The first-order chi connectivity index (χ1) is 13.8. The van der Waals surface area contributed by atoms with Gasteiger partial charge in [-0.25, -0.2) is 16.8 Å². The summed E-state index contributed by atoms with van der Waals surface area (Å²) in [5.74, 6) is 0. The Kier molecular flexibility index (Phi) is 6.90. The molecule has 2 aromatic rings. The predicted octanol–water partition coefficient (Wildman–Crippen LogP) is 3.35. The maximum absolute atomic E-state index is 13.0. The van der Waals surface area contributed by atoms with Gasteiger partial charge in [-0.05, 0) is 49.6 Å². The number of benzene rings is 2. The highest BCUT2D eigenvalue weighted by Crippen LogP contribution is 2.29. The summed E-state index contributed by atoms with van der Waals surface area (Å²) in [6, 6.07) is 6.50. The molecular weight excluding hydrogens is 430 g/mol. The van der Waals surface area contributed by atoms with Crippen molar-refractivity contribution in [3.05, 3.63) is 57.1 Å². The van der Waals surface area contributed by atoms with Crippen LogP contribution in [0.1, 0.15) is 30.5 Å². The number of hydrogen-bond donors (Lipinski definition) is 1. The average molecular weight is 456 g/mol. The van der Waals surface area contributed by atoms with E-state index >= 15 is 0 Å². The highest BCUT2D eigenvalue weighted by Gasteiger charge is 2.26. The fourth-order valence-corrected chi connectivity index (χ4v) is 5.92. The molecule has 0 aliphatic carbocycles. The molecule has 164 valence electrons. The molecule has 0 aliphatic rings. The van der Waals surface area contributed by atoms with E-state index in [9.17, 15) is 26.9 Å². The minimum atomic E-state index is -4.20. The second-order valence-corrected chi connectivity index (χ2v) is 10.4. The van der Waals surface area contributed by atoms with Gasteiger partial charge in [0.15, 0.2) is 0 Å². The van der Waals surface area contributed by atoms with E-state index in [1.807, 2.05) is 0 Å². The minimum absolute atomic E-state index is 0.0403. The van der Waals surface area contributed by atoms with E-state index in [2.05, 4.69) is 4.72 Å². The number of rotatable bonds is 8. The van der Waals surface area contributed by atoms with Gasteiger partial charge in [-0.2, -0.15) is 4.31 Å². The Morgan fingerprint density at radius 2 is 1.57 bits per heavy atom. The summed E-state index contributed by atoms with van der Waals surface area (Å²) in [4.78, 5) is 10.2. The first-order valence-corrected chi connectivity index (χ1v) is 12.2. The van der Waals surface area contributed by atoms with Crippen molar-refractivity contribution in [1.29, 1.82) is 0 Å². The number of sulfonamides is 2. The van der Waals surface area contributed by atoms with Crippen LogP contribution < -0.4 is 4.72 Å². The molecule has 0 unspecified atom stereocenters. The second kappa shape index (κ2) is 8.70. The van der Waals surface area contributed by atoms with E-state index in [4.69, 9.17) is 0 Å². The predicted molar refractivity (Wildman–Crippen MR) is 115 cm³/mol. The smallest absolute Gasteiger partial charge is 0.271 e. The monoisotopic (exact) mass is 455 g/mol. The normalized spacial score (nSPS) is 12.2. The largest absolute Gasteiger partial charge is 0.279 e. The number of aryl methyl sites for hydroxylation is 2. The molecule has 30 heavy (non-hydrogen) atoms. The van der Waals surface area contributed by atoms with Crippen LogP contribution in [0.15, 0.2) is 40.1 Å². The third kappa shape index (κ3) is 4.63. The summed E-state index contributed by atoms with van der Waals surface area (Å²) in [5.41, 5.74) is 1.09. The average Bonchev–Trinajstić information content (AvgIpc) is 2.65. The van der Waals surface area contributed by atoms with Gasteiger partial charge in [0.2, 0.25) is 10.0 Å². The Labute approximate surface area is 177 Å². The fourth-order valence-electron chi connectivity index (χ4n) is 2.98. The Hall–Kier alpha value is -2.50. The topological polar surface area (TPSA) is 127 Å². The Morgan fingerprint density at radius 3 is 2.10 bits per heavy atom. The van der Waals surface area contributed by atoms with E-state index in [0.717, 1.165) is 6.07 Å². The summed E-state index contributed by atoms with van der Waals surface area (Å²) >= 11 is 0. The highest BCUT2D eigenvalue weighted by molar-refractivity contribution is 7.92. The van der Waals surface area contributed by atoms with Crippen LogP contribution in [0, 0.1) is 30.9 Å². The van der Waals surface area contributed by atoms with Crippen molar-refractivity contribution >= 4 is 31.4 Å². The number of nitro groups is 1. The van der Waals surface area contributed by atoms with E-state index < -0.39 is 25.0 Å². The number of nitrogens with zero attached hydrogens (tertiary/aromatic N) is 2. The summed E-state index contributed by atoms with van der Waals surface area (Å²) in [6.07, 6.45) is 0. The molecule has 9 nitrogen and oxygen atoms in total. The third-order valence-electron chi connectivity index (χ3n) is 4.90. The van der Waals surface area contributed by atoms with Crippen LogP contribution in [-0.4, -0.2) is 39.2 Å². The van der Waals surface area contributed by atoms with Crippen molar-refractivity contribution in [2.24, 2.45) is 0 Å². The zero-order valence-corrected chi connectivity index (χ0v) is 19.1. The lowest BCUT2D eigenvalue weighted by molar-refractivity contribution is -0.385. The van der Waals surface area contributed by atoms with E-state index in [0.29, 0.717) is 16.7 Å². The molecule has 0 aliphatic heterocycles. The fraction of sp³-hybridized carbons (Fsp3) is 0.368. The zero-order valence-electron chi connectivity index (χ0n) is 17.5. The summed E-state index contributed by atoms with van der Waals surface area (Å²) in [5, 5.41) is 11.2. The van der Waals surface area contributed by atoms with Crippen LogP contribution in [0.25, 0.3) is 0 Å². The van der Waals surface area contributed by atoms with Gasteiger partial charge in [0.1, 0.15) is 0 Å². The molecule has 0 radical (unpaired) electrons. The van der Waals surface area contributed by atoms with Gasteiger partial charge >= 0.3 is 0 Å². The quantitative estimate of drug-likeness (QED) is 0.480. The van der Waals surface area contributed by atoms with Crippen LogP contribution >= 0.6 is 0 Å². The standard InChI is InChI=1S/C19H25N3O6S2/c1-6-21(7-2)30(27,28)17-9-8-13(3)18(12-17)20-29(25,26)19-11-16(22(23)24)10-14(4)15(19)5/h8-12,20H,6-7H2,1-5H3. The minimum Gasteiger partial charge on any atom is -0.279 e. The van der Waals surface area contributed by atoms with Crippen molar-refractivity contribution in [1.82, 2.24) is 4.31 Å². The van der Waals surface area contributed by atoms with Crippen LogP contribution in [0.5, 0.6) is 0 Å². The summed E-state index contributed by atoms with van der Waals surface area (Å²) < 4.78 is 55.3. The second-order valence-electron chi connectivity index (χ2n) is 6.81. The lowest BCUT2D eigenvalue weighted by Crippen LogP contribution is -2.30. The first kappa shape index (κ1) is 23.8. The number of nitrogens with one attached hydrogen (secondary N) is 1. The number of non-ortho nitro benzene ring substituents is 1. The summed E-state index contributed by atoms with van der Waals surface area (Å²) in [7, 11) is -7.99. The van der Waals surface area contributed by atoms with Gasteiger partial charge in [-0.15, -0.1) is 0 Å². The molecule has 0 heterocycles. The molecule has 2 aromatic carbocycles. The Balaban J connectivity index is 2.57. The molecule has 0 amide bonds. The zero-order chi connectivity index (χ0) is 22.9. The van der Waals surface area contributed by atoms with Gasteiger partial charge in [0.25, 0.3) is 15.7 Å². The van der Waals surface area contributed by atoms with Gasteiger partial charge in [0, 0.05) is 25.2 Å². The molecule has 1 N–H and O–H groups in total. The van der Waals surface area contributed by atoms with E-state index in [1.54, 1.807) is 34.6 Å². The van der Waals surface area contributed by atoms with E-state index in [1.165, 1.54) is 28.6 Å². The molecule has 11 heteroatoms. The molecule has 2 rings (SSSR count). The lowest BCUT2D eigenvalue weighted by atomic mass is 10.1. The number of nitro benzene ring substituents is 1. The van der Waals surface area contributed by atoms with E-state index in [-0.39, 0.29) is 34.3 Å². The Morgan fingerprint density at radius 1 is 0.967 bits per heavy atom. The van der Waals surface area contributed by atoms with Crippen molar-refractivity contribution in [2.75, 3.05) is 17.8 Å². The molecule has 0 aromatic heterocycles. The summed E-state index contributed by atoms with van der Waals surface area (Å²) in [6.45, 7) is 8.77. The van der Waals surface area contributed by atoms with Crippen LogP contribution in [0.3, 0.4) is 0 Å². The maximum Gasteiger partial charge on any atom is 0.271 e. The molecule has 0 atom stereocenters. The molecule has 0 bridgehead atoms. The molecule has 0 saturated heterocycles. The Bertz CT molecular complexity index is 1190. The lowest BCUT2D eigenvalue weighted by Gasteiger charge is -2.20. The maximum atomic E-state index is 13.0. The SMILES string of the molecule is CCN(CC)S(=O)(=O)c1ccc(C)c(NS(=O)(=O)c2cc([N+](=O)[O-])cc(C)c2C)c1. The van der Waals surface area contributed by atoms with Crippen molar-refractivity contribution in [3.8, 4) is 0 Å². The van der Waals surface area contributed by atoms with Crippen LogP contribution in [-0.2, 0) is 20.0 Å². The van der Waals surface area contributed by atoms with Crippen LogP contribution in [0.2, 0.25) is 0 Å². The van der Waals surface area contributed by atoms with Gasteiger partial charge in [-0.3, -0.25) is 14.8 Å². The number of hydrogen-bond acceptors (Lipinski definition) is 6. The van der Waals surface area contributed by atoms with Crippen molar-refractivity contribution in [2.45, 2.75) is 44.4 Å². The molecular formula is C19H25N3O6S2. The van der Waals surface area contributed by atoms with Gasteiger partial charge in [-0.1, -0.05) is 19.9 Å². The van der Waals surface area contributed by atoms with Gasteiger partial charge in [0.05, 0.1) is 20.4 Å². The third-order valence-corrected chi connectivity index (χ3v) is 8.44. The van der Waals surface area contributed by atoms with Gasteiger partial charge < -0.3 is 0 Å². The number of anilines is 1. The van der Waals surface area contributed by atoms with Crippen molar-refractivity contribution < 1.29 is 21.8 Å².